The van der Waals surface area contributed by atoms with E-state index in [1.165, 1.54) is 32.1 Å². The summed E-state index contributed by atoms with van der Waals surface area (Å²) in [6.45, 7) is 8.60. The lowest BCUT2D eigenvalue weighted by atomic mass is 9.98. The molecule has 0 aromatic heterocycles. The Morgan fingerprint density at radius 2 is 1.80 bits per heavy atom. The fourth-order valence-corrected chi connectivity index (χ4v) is 2.02. The van der Waals surface area contributed by atoms with Crippen LogP contribution in [0, 0.1) is 0 Å². The molecule has 0 bridgehead atoms. The van der Waals surface area contributed by atoms with E-state index in [0.29, 0.717) is 6.10 Å². The van der Waals surface area contributed by atoms with Gasteiger partial charge in [-0.15, -0.1) is 0 Å². The minimum absolute atomic E-state index is 0.241. The second-order valence-electron chi connectivity index (χ2n) is 5.66. The molecule has 0 atom stereocenters. The van der Waals surface area contributed by atoms with Crippen LogP contribution in [0.15, 0.2) is 0 Å². The van der Waals surface area contributed by atoms with Crippen LogP contribution in [-0.4, -0.2) is 24.8 Å². The highest BCUT2D eigenvalue weighted by Crippen LogP contribution is 2.20. The van der Waals surface area contributed by atoms with Gasteiger partial charge in [-0.05, 0) is 46.6 Å². The molecule has 0 radical (unpaired) electrons. The van der Waals surface area contributed by atoms with Crippen molar-refractivity contribution in [3.05, 3.63) is 0 Å². The molecule has 0 unspecified atom stereocenters. The first-order valence-electron chi connectivity index (χ1n) is 6.44. The Bertz CT molecular complexity index is 156. The Labute approximate surface area is 94.8 Å². The van der Waals surface area contributed by atoms with Gasteiger partial charge in [0.25, 0.3) is 0 Å². The highest BCUT2D eigenvalue weighted by atomic mass is 16.5. The molecule has 1 fully saturated rings. The molecular weight excluding hydrogens is 186 g/mol. The molecule has 1 aliphatic rings. The van der Waals surface area contributed by atoms with Crippen LogP contribution in [0.1, 0.15) is 59.3 Å². The summed E-state index contributed by atoms with van der Waals surface area (Å²) < 4.78 is 5.86. The summed E-state index contributed by atoms with van der Waals surface area (Å²) in [6, 6.07) is 0. The Kier molecular flexibility index (Phi) is 5.62. The van der Waals surface area contributed by atoms with Crippen molar-refractivity contribution in [3.63, 3.8) is 0 Å². The molecule has 0 aromatic rings. The van der Waals surface area contributed by atoms with Gasteiger partial charge in [0.05, 0.1) is 6.10 Å². The molecule has 1 rings (SSSR count). The molecule has 1 aliphatic carbocycles. The number of nitrogens with one attached hydrogen (secondary N) is 1. The minimum Gasteiger partial charge on any atom is -0.378 e. The van der Waals surface area contributed by atoms with E-state index in [9.17, 15) is 0 Å². The van der Waals surface area contributed by atoms with E-state index in [-0.39, 0.29) is 5.54 Å². The van der Waals surface area contributed by atoms with Gasteiger partial charge in [-0.1, -0.05) is 19.3 Å². The van der Waals surface area contributed by atoms with E-state index in [1.807, 2.05) is 0 Å². The summed E-state index contributed by atoms with van der Waals surface area (Å²) >= 11 is 0. The molecule has 0 aromatic carbocycles. The van der Waals surface area contributed by atoms with Gasteiger partial charge in [0, 0.05) is 12.1 Å². The number of ether oxygens (including phenoxy) is 1. The van der Waals surface area contributed by atoms with E-state index in [1.54, 1.807) is 0 Å². The first-order chi connectivity index (χ1) is 7.08. The highest BCUT2D eigenvalue weighted by molar-refractivity contribution is 4.70. The van der Waals surface area contributed by atoms with Crippen LogP contribution in [0.25, 0.3) is 0 Å². The topological polar surface area (TPSA) is 21.3 Å². The first-order valence-corrected chi connectivity index (χ1v) is 6.44. The van der Waals surface area contributed by atoms with E-state index in [0.717, 1.165) is 19.6 Å². The molecular formula is C13H27NO. The van der Waals surface area contributed by atoms with Gasteiger partial charge in [-0.3, -0.25) is 0 Å². The number of hydrogen-bond donors (Lipinski definition) is 1. The molecule has 0 spiro atoms. The largest absolute Gasteiger partial charge is 0.378 e. The monoisotopic (exact) mass is 213 g/mol. The average molecular weight is 213 g/mol. The summed E-state index contributed by atoms with van der Waals surface area (Å²) in [4.78, 5) is 0. The van der Waals surface area contributed by atoms with E-state index >= 15 is 0 Å². The van der Waals surface area contributed by atoms with Gasteiger partial charge in [0.15, 0.2) is 0 Å². The van der Waals surface area contributed by atoms with Crippen molar-refractivity contribution < 1.29 is 4.74 Å². The SMILES string of the molecule is CC(C)(C)NCCCOC1CCCCC1. The van der Waals surface area contributed by atoms with Gasteiger partial charge < -0.3 is 10.1 Å². The van der Waals surface area contributed by atoms with Gasteiger partial charge in [-0.2, -0.15) is 0 Å². The van der Waals surface area contributed by atoms with E-state index in [4.69, 9.17) is 4.74 Å². The van der Waals surface area contributed by atoms with Gasteiger partial charge in [0.1, 0.15) is 0 Å². The predicted molar refractivity (Wildman–Crippen MR) is 65.2 cm³/mol. The smallest absolute Gasteiger partial charge is 0.0575 e. The summed E-state index contributed by atoms with van der Waals surface area (Å²) in [5.41, 5.74) is 0.241. The molecule has 0 heterocycles. The molecule has 0 aliphatic heterocycles. The maximum absolute atomic E-state index is 5.86. The molecule has 0 amide bonds. The third-order valence-electron chi connectivity index (χ3n) is 2.88. The second kappa shape index (κ2) is 6.49. The normalized spacial score (nSPS) is 19.4. The van der Waals surface area contributed by atoms with E-state index in [2.05, 4.69) is 26.1 Å². The molecule has 1 saturated carbocycles. The predicted octanol–water partition coefficient (Wildman–Crippen LogP) is 3.11. The molecule has 0 saturated heterocycles. The van der Waals surface area contributed by atoms with Gasteiger partial charge >= 0.3 is 0 Å². The van der Waals surface area contributed by atoms with Gasteiger partial charge in [0.2, 0.25) is 0 Å². The lowest BCUT2D eigenvalue weighted by Crippen LogP contribution is -2.36. The molecule has 90 valence electrons. The van der Waals surface area contributed by atoms with Crippen molar-refractivity contribution >= 4 is 0 Å². The molecule has 2 nitrogen and oxygen atoms in total. The molecule has 15 heavy (non-hydrogen) atoms. The zero-order valence-corrected chi connectivity index (χ0v) is 10.6. The van der Waals surface area contributed by atoms with Crippen molar-refractivity contribution in [2.75, 3.05) is 13.2 Å². The van der Waals surface area contributed by atoms with Crippen LogP contribution in [0.2, 0.25) is 0 Å². The third-order valence-corrected chi connectivity index (χ3v) is 2.88. The van der Waals surface area contributed by atoms with Crippen molar-refractivity contribution in [1.82, 2.24) is 5.32 Å². The zero-order valence-electron chi connectivity index (χ0n) is 10.6. The lowest BCUT2D eigenvalue weighted by Gasteiger charge is -2.23. The first kappa shape index (κ1) is 13.0. The van der Waals surface area contributed by atoms with E-state index < -0.39 is 0 Å². The Morgan fingerprint density at radius 3 is 2.40 bits per heavy atom. The van der Waals surface area contributed by atoms with Gasteiger partial charge in [-0.25, -0.2) is 0 Å². The van der Waals surface area contributed by atoms with Crippen molar-refractivity contribution in [3.8, 4) is 0 Å². The molecule has 1 N–H and O–H groups in total. The van der Waals surface area contributed by atoms with Crippen LogP contribution < -0.4 is 5.32 Å². The summed E-state index contributed by atoms with van der Waals surface area (Å²) in [5, 5.41) is 3.48. The summed E-state index contributed by atoms with van der Waals surface area (Å²) in [6.07, 6.45) is 8.41. The van der Waals surface area contributed by atoms with Crippen LogP contribution in [0.4, 0.5) is 0 Å². The van der Waals surface area contributed by atoms with Crippen molar-refractivity contribution in [1.29, 1.82) is 0 Å². The summed E-state index contributed by atoms with van der Waals surface area (Å²) in [5.74, 6) is 0. The zero-order chi connectivity index (χ0) is 11.1. The van der Waals surface area contributed by atoms with Crippen LogP contribution in [0.5, 0.6) is 0 Å². The standard InChI is InChI=1S/C13H27NO/c1-13(2,3)14-10-7-11-15-12-8-5-4-6-9-12/h12,14H,4-11H2,1-3H3. The molecule has 2 heteroatoms. The second-order valence-corrected chi connectivity index (χ2v) is 5.66. The third kappa shape index (κ3) is 6.91. The maximum atomic E-state index is 5.86. The Hall–Kier alpha value is -0.0800. The fourth-order valence-electron chi connectivity index (χ4n) is 2.02. The lowest BCUT2D eigenvalue weighted by molar-refractivity contribution is 0.0268. The fraction of sp³-hybridized carbons (Fsp3) is 1.00. The van der Waals surface area contributed by atoms with Crippen molar-refractivity contribution in [2.24, 2.45) is 0 Å². The van der Waals surface area contributed by atoms with Crippen LogP contribution >= 0.6 is 0 Å². The number of hydrogen-bond acceptors (Lipinski definition) is 2. The highest BCUT2D eigenvalue weighted by Gasteiger charge is 2.13. The van der Waals surface area contributed by atoms with Crippen LogP contribution in [0.3, 0.4) is 0 Å². The number of rotatable bonds is 5. The Morgan fingerprint density at radius 1 is 1.13 bits per heavy atom. The quantitative estimate of drug-likeness (QED) is 0.709. The Balaban J connectivity index is 1.92. The van der Waals surface area contributed by atoms with Crippen molar-refractivity contribution in [2.45, 2.75) is 70.9 Å². The summed E-state index contributed by atoms with van der Waals surface area (Å²) in [7, 11) is 0. The average Bonchev–Trinajstić information content (AvgIpc) is 2.17. The van der Waals surface area contributed by atoms with Crippen LogP contribution in [-0.2, 0) is 4.74 Å². The minimum atomic E-state index is 0.241. The maximum Gasteiger partial charge on any atom is 0.0575 e.